The maximum Gasteiger partial charge on any atom is 0.460 e. The fourth-order valence-corrected chi connectivity index (χ4v) is 0.796. The van der Waals surface area contributed by atoms with E-state index in [1.54, 1.807) is 0 Å². The fourth-order valence-electron chi connectivity index (χ4n) is 0.796. The highest BCUT2D eigenvalue weighted by molar-refractivity contribution is 5.13. The van der Waals surface area contributed by atoms with Crippen LogP contribution in [0.2, 0.25) is 0 Å². The summed E-state index contributed by atoms with van der Waals surface area (Å²) in [4.78, 5) is 0. The van der Waals surface area contributed by atoms with Crippen molar-refractivity contribution >= 4 is 0 Å². The van der Waals surface area contributed by atoms with Crippen LogP contribution in [0, 0.1) is 0 Å². The minimum Gasteiger partial charge on any atom is -0.195 e. The van der Waals surface area contributed by atoms with E-state index in [0.29, 0.717) is 0 Å². The van der Waals surface area contributed by atoms with Gasteiger partial charge in [0.25, 0.3) is 0 Å². The highest BCUT2D eigenvalue weighted by Crippen LogP contribution is 2.53. The van der Waals surface area contributed by atoms with Crippen LogP contribution < -0.4 is 0 Å². The summed E-state index contributed by atoms with van der Waals surface area (Å²) in [6, 6.07) is 0. The van der Waals surface area contributed by atoms with Crippen molar-refractivity contribution in [2.75, 3.05) is 0 Å². The third-order valence-electron chi connectivity index (χ3n) is 2.05. The van der Waals surface area contributed by atoms with Gasteiger partial charge in [0.15, 0.2) is 0 Å². The number of hydrogen-bond acceptors (Lipinski definition) is 0. The number of halogens is 14. The monoisotopic (exact) mass is 364 g/mol. The molecule has 0 aromatic carbocycles. The van der Waals surface area contributed by atoms with E-state index in [1.807, 2.05) is 0 Å². The average Bonchev–Trinajstić information content (AvgIpc) is 2.23. The molecule has 0 unspecified atom stereocenters. The van der Waals surface area contributed by atoms with Gasteiger partial charge in [-0.3, -0.25) is 0 Å². The molecule has 0 saturated carbocycles. The highest BCUT2D eigenvalue weighted by atomic mass is 19.4. The lowest BCUT2D eigenvalue weighted by Gasteiger charge is -2.32. The van der Waals surface area contributed by atoms with Crippen LogP contribution in [0.4, 0.5) is 61.5 Å². The minimum atomic E-state index is -7.39. The quantitative estimate of drug-likeness (QED) is 0.475. The summed E-state index contributed by atoms with van der Waals surface area (Å²) >= 11 is 0. The van der Waals surface area contributed by atoms with Crippen molar-refractivity contribution in [3.05, 3.63) is 12.2 Å². The van der Waals surface area contributed by atoms with Crippen LogP contribution in [0.15, 0.2) is 12.2 Å². The second-order valence-corrected chi connectivity index (χ2v) is 3.72. The summed E-state index contributed by atoms with van der Waals surface area (Å²) in [6.45, 7) is 0. The van der Waals surface area contributed by atoms with Crippen molar-refractivity contribution in [1.82, 2.24) is 0 Å². The molecule has 0 aliphatic rings. The Morgan fingerprint density at radius 1 is 0.364 bits per heavy atom. The Balaban J connectivity index is 5.76. The summed E-state index contributed by atoms with van der Waals surface area (Å²) in [7, 11) is 0. The summed E-state index contributed by atoms with van der Waals surface area (Å²) in [6.07, 6.45) is -17.8. The molecule has 0 saturated heterocycles. The fraction of sp³-hybridized carbons (Fsp3) is 0.750. The Bertz CT molecular complexity index is 421. The van der Waals surface area contributed by atoms with Crippen LogP contribution in [0.3, 0.4) is 0 Å². The third-order valence-corrected chi connectivity index (χ3v) is 2.05. The molecular formula is C8H2F14. The molecule has 0 amide bonds. The smallest absolute Gasteiger partial charge is 0.195 e. The summed E-state index contributed by atoms with van der Waals surface area (Å²) in [5.41, 5.74) is 0. The van der Waals surface area contributed by atoms with Gasteiger partial charge in [-0.2, -0.15) is 61.5 Å². The van der Waals surface area contributed by atoms with Gasteiger partial charge in [0.1, 0.15) is 0 Å². The van der Waals surface area contributed by atoms with Gasteiger partial charge in [-0.25, -0.2) is 0 Å². The summed E-state index contributed by atoms with van der Waals surface area (Å²) in [5.74, 6) is -27.5. The van der Waals surface area contributed by atoms with Crippen molar-refractivity contribution in [3.8, 4) is 0 Å². The van der Waals surface area contributed by atoms with Gasteiger partial charge in [0.2, 0.25) is 0 Å². The first-order valence-electron chi connectivity index (χ1n) is 4.56. The van der Waals surface area contributed by atoms with E-state index in [-0.39, 0.29) is 0 Å². The lowest BCUT2D eigenvalue weighted by molar-refractivity contribution is -0.388. The number of rotatable bonds is 4. The van der Waals surface area contributed by atoms with Crippen LogP contribution in [0.5, 0.6) is 0 Å². The van der Waals surface area contributed by atoms with Gasteiger partial charge in [0.05, 0.1) is 0 Å². The maximum atomic E-state index is 12.6. The SMILES string of the molecule is FC(F)(F)C(F)(F)C=CC(F)(F)C(F)(F)C(F)(F)C(F)(F)F. The molecular weight excluding hydrogens is 362 g/mol. The van der Waals surface area contributed by atoms with Crippen LogP contribution in [-0.2, 0) is 0 Å². The Kier molecular flexibility index (Phi) is 4.86. The molecule has 0 spiro atoms. The van der Waals surface area contributed by atoms with Crippen LogP contribution in [0.25, 0.3) is 0 Å². The highest BCUT2D eigenvalue weighted by Gasteiger charge is 2.81. The Morgan fingerprint density at radius 2 is 0.682 bits per heavy atom. The lowest BCUT2D eigenvalue weighted by atomic mass is 10.0. The average molecular weight is 364 g/mol. The topological polar surface area (TPSA) is 0 Å². The van der Waals surface area contributed by atoms with E-state index in [0.717, 1.165) is 0 Å². The van der Waals surface area contributed by atoms with Crippen molar-refractivity contribution in [3.63, 3.8) is 0 Å². The Morgan fingerprint density at radius 3 is 0.955 bits per heavy atom. The van der Waals surface area contributed by atoms with Gasteiger partial charge in [-0.15, -0.1) is 0 Å². The Hall–Kier alpha value is -1.24. The summed E-state index contributed by atoms with van der Waals surface area (Å²) in [5, 5.41) is 0. The number of alkyl halides is 14. The van der Waals surface area contributed by atoms with E-state index >= 15 is 0 Å². The van der Waals surface area contributed by atoms with E-state index in [9.17, 15) is 61.5 Å². The second kappa shape index (κ2) is 5.15. The number of hydrogen-bond donors (Lipinski definition) is 0. The van der Waals surface area contributed by atoms with Gasteiger partial charge in [-0.05, 0) is 12.2 Å². The van der Waals surface area contributed by atoms with Gasteiger partial charge in [0, 0.05) is 0 Å². The first kappa shape index (κ1) is 20.8. The minimum absolute atomic E-state index is 1.94. The summed E-state index contributed by atoms with van der Waals surface area (Å²) < 4.78 is 169. The predicted molar refractivity (Wildman–Crippen MR) is 41.0 cm³/mol. The van der Waals surface area contributed by atoms with Gasteiger partial charge >= 0.3 is 36.0 Å². The molecule has 0 aromatic rings. The lowest BCUT2D eigenvalue weighted by Crippen LogP contribution is -2.60. The molecule has 0 atom stereocenters. The first-order valence-corrected chi connectivity index (χ1v) is 4.56. The molecule has 0 radical (unpaired) electrons. The van der Waals surface area contributed by atoms with Gasteiger partial charge < -0.3 is 0 Å². The molecule has 0 fully saturated rings. The van der Waals surface area contributed by atoms with Gasteiger partial charge in [-0.1, -0.05) is 0 Å². The van der Waals surface area contributed by atoms with Crippen molar-refractivity contribution < 1.29 is 61.5 Å². The van der Waals surface area contributed by atoms with E-state index in [4.69, 9.17) is 0 Å². The predicted octanol–water partition coefficient (Wildman–Crippen LogP) is 5.21. The largest absolute Gasteiger partial charge is 0.460 e. The molecule has 0 aromatic heterocycles. The molecule has 0 N–H and O–H groups in total. The standard InChI is InChI=1S/C8H2F14/c9-3(10,1-2-4(11,12)7(17,18)19)5(13,14)6(15,16)8(20,21)22/h1-2H. The molecule has 0 nitrogen and oxygen atoms in total. The number of allylic oxidation sites excluding steroid dienone is 2. The Labute approximate surface area is 111 Å². The zero-order chi connectivity index (χ0) is 18.4. The molecule has 22 heavy (non-hydrogen) atoms. The molecule has 0 heterocycles. The zero-order valence-electron chi connectivity index (χ0n) is 9.45. The molecule has 0 rings (SSSR count). The third kappa shape index (κ3) is 3.39. The molecule has 0 bridgehead atoms. The van der Waals surface area contributed by atoms with Crippen molar-refractivity contribution in [2.45, 2.75) is 36.0 Å². The van der Waals surface area contributed by atoms with Crippen molar-refractivity contribution in [1.29, 1.82) is 0 Å². The molecule has 0 aliphatic carbocycles. The molecule has 14 heteroatoms. The molecule has 132 valence electrons. The van der Waals surface area contributed by atoms with E-state index in [1.165, 1.54) is 0 Å². The van der Waals surface area contributed by atoms with E-state index < -0.39 is 48.2 Å². The first-order chi connectivity index (χ1) is 9.21. The van der Waals surface area contributed by atoms with Crippen LogP contribution >= 0.6 is 0 Å². The van der Waals surface area contributed by atoms with Crippen LogP contribution in [-0.4, -0.2) is 36.0 Å². The molecule has 0 aliphatic heterocycles. The zero-order valence-corrected chi connectivity index (χ0v) is 9.45. The van der Waals surface area contributed by atoms with Crippen LogP contribution in [0.1, 0.15) is 0 Å². The van der Waals surface area contributed by atoms with E-state index in [2.05, 4.69) is 0 Å². The van der Waals surface area contributed by atoms with Crippen molar-refractivity contribution in [2.24, 2.45) is 0 Å². The normalized spacial score (nSPS) is 16.5. The second-order valence-electron chi connectivity index (χ2n) is 3.72. The maximum absolute atomic E-state index is 12.6.